The zero-order valence-corrected chi connectivity index (χ0v) is 13.6. The number of carbonyl (C=O) groups excluding carboxylic acids is 1. The molecule has 0 spiro atoms. The van der Waals surface area contributed by atoms with Gasteiger partial charge in [0.25, 0.3) is 6.43 Å². The summed E-state index contributed by atoms with van der Waals surface area (Å²) in [6.07, 6.45) is -2.94. The van der Waals surface area contributed by atoms with Crippen LogP contribution in [0.25, 0.3) is 0 Å². The SMILES string of the molecule is CCOC(=O)C(O)(CC(C)(C)c1cccc2c1OCC2)C(F)F. The van der Waals surface area contributed by atoms with E-state index in [1.165, 1.54) is 6.92 Å². The molecule has 0 radical (unpaired) electrons. The summed E-state index contributed by atoms with van der Waals surface area (Å²) >= 11 is 0. The van der Waals surface area contributed by atoms with Crippen LogP contribution in [-0.2, 0) is 21.4 Å². The number of benzene rings is 1. The molecule has 0 bridgehead atoms. The summed E-state index contributed by atoms with van der Waals surface area (Å²) in [5.74, 6) is -0.630. The summed E-state index contributed by atoms with van der Waals surface area (Å²) in [6.45, 7) is 5.39. The second kappa shape index (κ2) is 6.43. The third-order valence-electron chi connectivity index (χ3n) is 4.14. The van der Waals surface area contributed by atoms with Gasteiger partial charge in [-0.25, -0.2) is 13.6 Å². The second-order valence-electron chi connectivity index (χ2n) is 6.40. The van der Waals surface area contributed by atoms with Gasteiger partial charge in [-0.15, -0.1) is 0 Å². The monoisotopic (exact) mass is 328 g/mol. The Morgan fingerprint density at radius 3 is 2.74 bits per heavy atom. The Bertz CT molecular complexity index is 586. The molecule has 1 aromatic rings. The molecule has 128 valence electrons. The number of para-hydroxylation sites is 1. The highest BCUT2D eigenvalue weighted by atomic mass is 19.3. The van der Waals surface area contributed by atoms with E-state index in [1.807, 2.05) is 12.1 Å². The largest absolute Gasteiger partial charge is 0.493 e. The molecule has 1 aromatic carbocycles. The van der Waals surface area contributed by atoms with Crippen LogP contribution in [0.15, 0.2) is 18.2 Å². The number of aliphatic hydroxyl groups is 1. The van der Waals surface area contributed by atoms with Crippen LogP contribution in [0, 0.1) is 0 Å². The third kappa shape index (κ3) is 3.32. The number of hydrogen-bond donors (Lipinski definition) is 1. The first-order valence-electron chi connectivity index (χ1n) is 7.65. The zero-order chi connectivity index (χ0) is 17.3. The van der Waals surface area contributed by atoms with E-state index >= 15 is 0 Å². The molecule has 1 unspecified atom stereocenters. The van der Waals surface area contributed by atoms with Crippen molar-refractivity contribution in [1.82, 2.24) is 0 Å². The fourth-order valence-corrected chi connectivity index (χ4v) is 3.01. The molecule has 1 aliphatic heterocycles. The van der Waals surface area contributed by atoms with E-state index in [2.05, 4.69) is 4.74 Å². The van der Waals surface area contributed by atoms with Crippen molar-refractivity contribution in [2.45, 2.75) is 51.1 Å². The van der Waals surface area contributed by atoms with E-state index in [1.54, 1.807) is 19.9 Å². The maximum Gasteiger partial charge on any atom is 0.344 e. The predicted molar refractivity (Wildman–Crippen MR) is 80.9 cm³/mol. The molecule has 23 heavy (non-hydrogen) atoms. The number of ether oxygens (including phenoxy) is 2. The molecule has 1 aliphatic rings. The van der Waals surface area contributed by atoms with E-state index in [-0.39, 0.29) is 6.61 Å². The summed E-state index contributed by atoms with van der Waals surface area (Å²) in [7, 11) is 0. The van der Waals surface area contributed by atoms with Crippen LogP contribution in [0.3, 0.4) is 0 Å². The lowest BCUT2D eigenvalue weighted by Crippen LogP contribution is -2.50. The van der Waals surface area contributed by atoms with Gasteiger partial charge in [0.1, 0.15) is 5.75 Å². The highest BCUT2D eigenvalue weighted by Crippen LogP contribution is 2.42. The van der Waals surface area contributed by atoms with Gasteiger partial charge in [0.2, 0.25) is 5.60 Å². The lowest BCUT2D eigenvalue weighted by atomic mass is 9.74. The summed E-state index contributed by atoms with van der Waals surface area (Å²) in [5, 5.41) is 10.3. The highest BCUT2D eigenvalue weighted by Gasteiger charge is 2.51. The average Bonchev–Trinajstić information content (AvgIpc) is 2.94. The Kier molecular flexibility index (Phi) is 4.94. The van der Waals surface area contributed by atoms with E-state index in [0.29, 0.717) is 17.9 Å². The maximum atomic E-state index is 13.4. The molecule has 0 aromatic heterocycles. The fraction of sp³-hybridized carbons (Fsp3) is 0.588. The number of fused-ring (bicyclic) bond motifs is 1. The Morgan fingerprint density at radius 1 is 1.43 bits per heavy atom. The van der Waals surface area contributed by atoms with Gasteiger partial charge in [-0.3, -0.25) is 0 Å². The molecule has 2 rings (SSSR count). The number of carbonyl (C=O) groups is 1. The van der Waals surface area contributed by atoms with Gasteiger partial charge in [0.05, 0.1) is 13.2 Å². The molecule has 0 aliphatic carbocycles. The van der Waals surface area contributed by atoms with E-state index in [9.17, 15) is 18.7 Å². The summed E-state index contributed by atoms with van der Waals surface area (Å²) in [4.78, 5) is 11.9. The Hall–Kier alpha value is -1.69. The Morgan fingerprint density at radius 2 is 2.13 bits per heavy atom. The van der Waals surface area contributed by atoms with Gasteiger partial charge < -0.3 is 14.6 Å². The minimum Gasteiger partial charge on any atom is -0.493 e. The van der Waals surface area contributed by atoms with Crippen molar-refractivity contribution < 1.29 is 28.2 Å². The van der Waals surface area contributed by atoms with Crippen molar-refractivity contribution in [1.29, 1.82) is 0 Å². The molecule has 1 N–H and O–H groups in total. The van der Waals surface area contributed by atoms with Crippen LogP contribution in [0.4, 0.5) is 8.78 Å². The summed E-state index contributed by atoms with van der Waals surface area (Å²) in [6, 6.07) is 5.53. The van der Waals surface area contributed by atoms with Gasteiger partial charge in [-0.05, 0) is 17.9 Å². The highest BCUT2D eigenvalue weighted by molar-refractivity contribution is 5.80. The Labute approximate surface area is 134 Å². The molecular weight excluding hydrogens is 306 g/mol. The van der Waals surface area contributed by atoms with Crippen molar-refractivity contribution in [3.8, 4) is 5.75 Å². The van der Waals surface area contributed by atoms with Crippen LogP contribution in [0.1, 0.15) is 38.3 Å². The van der Waals surface area contributed by atoms with Gasteiger partial charge >= 0.3 is 5.97 Å². The van der Waals surface area contributed by atoms with Gasteiger partial charge in [0, 0.05) is 18.4 Å². The average molecular weight is 328 g/mol. The quantitative estimate of drug-likeness (QED) is 0.816. The van der Waals surface area contributed by atoms with Gasteiger partial charge in [-0.1, -0.05) is 32.0 Å². The number of alkyl halides is 2. The lowest BCUT2D eigenvalue weighted by Gasteiger charge is -2.35. The number of esters is 1. The van der Waals surface area contributed by atoms with Crippen molar-refractivity contribution in [2.75, 3.05) is 13.2 Å². The summed E-state index contributed by atoms with van der Waals surface area (Å²) in [5.41, 5.74) is -2.03. The van der Waals surface area contributed by atoms with Crippen molar-refractivity contribution in [3.63, 3.8) is 0 Å². The topological polar surface area (TPSA) is 55.8 Å². The molecule has 1 atom stereocenters. The van der Waals surface area contributed by atoms with Crippen molar-refractivity contribution >= 4 is 5.97 Å². The molecule has 0 amide bonds. The van der Waals surface area contributed by atoms with E-state index in [0.717, 1.165) is 12.0 Å². The van der Waals surface area contributed by atoms with Crippen LogP contribution in [-0.4, -0.2) is 36.3 Å². The molecule has 6 heteroatoms. The predicted octanol–water partition coefficient (Wildman–Crippen LogP) is 2.85. The minimum absolute atomic E-state index is 0.0713. The zero-order valence-electron chi connectivity index (χ0n) is 13.6. The molecule has 4 nitrogen and oxygen atoms in total. The van der Waals surface area contributed by atoms with Gasteiger partial charge in [-0.2, -0.15) is 0 Å². The summed E-state index contributed by atoms with van der Waals surface area (Å²) < 4.78 is 37.0. The van der Waals surface area contributed by atoms with Crippen molar-refractivity contribution in [3.05, 3.63) is 29.3 Å². The van der Waals surface area contributed by atoms with E-state index < -0.39 is 29.8 Å². The van der Waals surface area contributed by atoms with Crippen molar-refractivity contribution in [2.24, 2.45) is 0 Å². The fourth-order valence-electron chi connectivity index (χ4n) is 3.01. The molecular formula is C17H22F2O4. The lowest BCUT2D eigenvalue weighted by molar-refractivity contribution is -0.186. The minimum atomic E-state index is -3.24. The number of halogens is 2. The molecule has 1 heterocycles. The normalized spacial score (nSPS) is 16.7. The van der Waals surface area contributed by atoms with E-state index in [4.69, 9.17) is 4.74 Å². The van der Waals surface area contributed by atoms with Crippen LogP contribution < -0.4 is 4.74 Å². The second-order valence-corrected chi connectivity index (χ2v) is 6.40. The smallest absolute Gasteiger partial charge is 0.344 e. The van der Waals surface area contributed by atoms with Crippen LogP contribution in [0.2, 0.25) is 0 Å². The number of hydrogen-bond acceptors (Lipinski definition) is 4. The first kappa shape index (κ1) is 17.7. The maximum absolute atomic E-state index is 13.4. The molecule has 0 saturated carbocycles. The molecule has 0 saturated heterocycles. The number of rotatable bonds is 6. The standard InChI is InChI=1S/C17H22F2O4/c1-4-22-15(20)17(21,14(18)19)10-16(2,3)12-7-5-6-11-8-9-23-13(11)12/h5-7,14,21H,4,8-10H2,1-3H3. The van der Waals surface area contributed by atoms with Crippen LogP contribution in [0.5, 0.6) is 5.75 Å². The molecule has 0 fully saturated rings. The van der Waals surface area contributed by atoms with Crippen LogP contribution >= 0.6 is 0 Å². The van der Waals surface area contributed by atoms with Gasteiger partial charge in [0.15, 0.2) is 0 Å². The Balaban J connectivity index is 2.36. The first-order chi connectivity index (χ1) is 10.7. The first-order valence-corrected chi connectivity index (χ1v) is 7.65. The third-order valence-corrected chi connectivity index (χ3v) is 4.14.